The molecule has 16 heavy (non-hydrogen) atoms. The predicted molar refractivity (Wildman–Crippen MR) is 64.6 cm³/mol. The van der Waals surface area contributed by atoms with Crippen molar-refractivity contribution < 1.29 is 9.53 Å². The van der Waals surface area contributed by atoms with Gasteiger partial charge in [0.2, 0.25) is 5.91 Å². The number of benzene rings is 1. The summed E-state index contributed by atoms with van der Waals surface area (Å²) in [5.74, 6) is 0.924. The van der Waals surface area contributed by atoms with Crippen LogP contribution in [0, 0.1) is 0 Å². The molecule has 3 heteroatoms. The largest absolute Gasteiger partial charge is 0.494 e. The van der Waals surface area contributed by atoms with Crippen LogP contribution in [0.4, 0.5) is 0 Å². The molecule has 0 aliphatic rings. The number of carbonyl (C=O) groups excluding carboxylic acids is 1. The first kappa shape index (κ1) is 12.6. The lowest BCUT2D eigenvalue weighted by molar-refractivity contribution is -0.118. The summed E-state index contributed by atoms with van der Waals surface area (Å²) in [5, 5.41) is 2.77. The van der Waals surface area contributed by atoms with E-state index in [0.717, 1.165) is 25.2 Å². The van der Waals surface area contributed by atoms with Crippen LogP contribution in [-0.2, 0) is 11.2 Å². The van der Waals surface area contributed by atoms with E-state index < -0.39 is 0 Å². The number of hydrogen-bond acceptors (Lipinski definition) is 2. The molecule has 0 aliphatic heterocycles. The molecule has 0 spiro atoms. The van der Waals surface area contributed by atoms with Crippen LogP contribution in [0.15, 0.2) is 24.3 Å². The average Bonchev–Trinajstić information content (AvgIpc) is 2.27. The van der Waals surface area contributed by atoms with Crippen molar-refractivity contribution in [2.24, 2.45) is 0 Å². The van der Waals surface area contributed by atoms with E-state index in [1.807, 2.05) is 24.3 Å². The maximum atomic E-state index is 10.7. The maximum Gasteiger partial charge on any atom is 0.216 e. The van der Waals surface area contributed by atoms with Gasteiger partial charge in [-0.1, -0.05) is 19.1 Å². The molecule has 0 radical (unpaired) electrons. The van der Waals surface area contributed by atoms with Gasteiger partial charge in [0.15, 0.2) is 0 Å². The summed E-state index contributed by atoms with van der Waals surface area (Å²) in [6.07, 6.45) is 1.87. The fraction of sp³-hybridized carbons (Fsp3) is 0.462. The van der Waals surface area contributed by atoms with E-state index in [0.29, 0.717) is 6.54 Å². The minimum Gasteiger partial charge on any atom is -0.494 e. The third-order valence-electron chi connectivity index (χ3n) is 2.18. The molecule has 0 unspecified atom stereocenters. The highest BCUT2D eigenvalue weighted by Gasteiger charge is 1.96. The van der Waals surface area contributed by atoms with Crippen LogP contribution in [0.2, 0.25) is 0 Å². The molecule has 1 amide bonds. The van der Waals surface area contributed by atoms with Gasteiger partial charge in [-0.25, -0.2) is 0 Å². The van der Waals surface area contributed by atoms with Gasteiger partial charge in [-0.3, -0.25) is 4.79 Å². The van der Waals surface area contributed by atoms with E-state index in [2.05, 4.69) is 12.2 Å². The number of nitrogens with one attached hydrogen (secondary N) is 1. The molecule has 0 saturated heterocycles. The fourth-order valence-electron chi connectivity index (χ4n) is 1.36. The molecule has 88 valence electrons. The third kappa shape index (κ3) is 4.82. The Morgan fingerprint density at radius 1 is 1.31 bits per heavy atom. The highest BCUT2D eigenvalue weighted by molar-refractivity contribution is 5.72. The van der Waals surface area contributed by atoms with Gasteiger partial charge < -0.3 is 10.1 Å². The van der Waals surface area contributed by atoms with E-state index in [9.17, 15) is 4.79 Å². The van der Waals surface area contributed by atoms with Crippen molar-refractivity contribution in [2.45, 2.75) is 26.7 Å². The summed E-state index contributed by atoms with van der Waals surface area (Å²) < 4.78 is 5.48. The van der Waals surface area contributed by atoms with Crippen molar-refractivity contribution in [1.82, 2.24) is 5.32 Å². The number of ether oxygens (including phenoxy) is 1. The Labute approximate surface area is 96.8 Å². The van der Waals surface area contributed by atoms with E-state index in [-0.39, 0.29) is 5.91 Å². The lowest BCUT2D eigenvalue weighted by Crippen LogP contribution is -2.22. The molecule has 1 aromatic rings. The molecule has 1 rings (SSSR count). The Hall–Kier alpha value is -1.51. The molecule has 1 aromatic carbocycles. The van der Waals surface area contributed by atoms with E-state index in [1.54, 1.807) is 0 Å². The number of amides is 1. The summed E-state index contributed by atoms with van der Waals surface area (Å²) in [6, 6.07) is 8.01. The van der Waals surface area contributed by atoms with Crippen LogP contribution < -0.4 is 10.1 Å². The molecule has 0 fully saturated rings. The van der Waals surface area contributed by atoms with E-state index in [4.69, 9.17) is 4.74 Å². The van der Waals surface area contributed by atoms with E-state index >= 15 is 0 Å². The summed E-state index contributed by atoms with van der Waals surface area (Å²) in [7, 11) is 0. The zero-order valence-electron chi connectivity index (χ0n) is 9.95. The molecule has 0 aromatic heterocycles. The second-order valence-corrected chi connectivity index (χ2v) is 3.73. The third-order valence-corrected chi connectivity index (χ3v) is 2.18. The summed E-state index contributed by atoms with van der Waals surface area (Å²) in [5.41, 5.74) is 1.21. The van der Waals surface area contributed by atoms with Crippen LogP contribution in [0.1, 0.15) is 25.8 Å². The highest BCUT2D eigenvalue weighted by Crippen LogP contribution is 2.12. The van der Waals surface area contributed by atoms with Crippen molar-refractivity contribution in [2.75, 3.05) is 13.2 Å². The molecule has 3 nitrogen and oxygen atoms in total. The van der Waals surface area contributed by atoms with Crippen molar-refractivity contribution in [3.05, 3.63) is 29.8 Å². The second kappa shape index (κ2) is 6.88. The smallest absolute Gasteiger partial charge is 0.216 e. The van der Waals surface area contributed by atoms with Gasteiger partial charge in [-0.05, 0) is 30.5 Å². The minimum atomic E-state index is 0.0166. The Morgan fingerprint density at radius 3 is 2.56 bits per heavy atom. The fourth-order valence-corrected chi connectivity index (χ4v) is 1.36. The van der Waals surface area contributed by atoms with Gasteiger partial charge in [0, 0.05) is 13.5 Å². The first-order chi connectivity index (χ1) is 7.72. The van der Waals surface area contributed by atoms with Crippen molar-refractivity contribution in [3.63, 3.8) is 0 Å². The highest BCUT2D eigenvalue weighted by atomic mass is 16.5. The van der Waals surface area contributed by atoms with Crippen LogP contribution in [-0.4, -0.2) is 19.1 Å². The molecule has 1 N–H and O–H groups in total. The molecule has 0 aliphatic carbocycles. The van der Waals surface area contributed by atoms with Crippen LogP contribution in [0.5, 0.6) is 5.75 Å². The molecule has 0 heterocycles. The second-order valence-electron chi connectivity index (χ2n) is 3.73. The first-order valence-corrected chi connectivity index (χ1v) is 5.68. The standard InChI is InChI=1S/C13H19NO2/c1-3-10-16-13-6-4-12(5-7-13)8-9-14-11(2)15/h4-7H,3,8-10H2,1-2H3,(H,14,15). The van der Waals surface area contributed by atoms with Gasteiger partial charge in [0.05, 0.1) is 6.61 Å². The summed E-state index contributed by atoms with van der Waals surface area (Å²) >= 11 is 0. The SMILES string of the molecule is CCCOc1ccc(CCNC(C)=O)cc1. The monoisotopic (exact) mass is 221 g/mol. The normalized spacial score (nSPS) is 9.88. The number of rotatable bonds is 6. The van der Waals surface area contributed by atoms with Crippen molar-refractivity contribution >= 4 is 5.91 Å². The molecular weight excluding hydrogens is 202 g/mol. The van der Waals surface area contributed by atoms with Crippen LogP contribution in [0.3, 0.4) is 0 Å². The molecular formula is C13H19NO2. The Bertz CT molecular complexity index is 319. The zero-order chi connectivity index (χ0) is 11.8. The predicted octanol–water partition coefficient (Wildman–Crippen LogP) is 2.15. The van der Waals surface area contributed by atoms with Crippen molar-refractivity contribution in [3.8, 4) is 5.75 Å². The van der Waals surface area contributed by atoms with Gasteiger partial charge in [0.25, 0.3) is 0 Å². The Kier molecular flexibility index (Phi) is 5.40. The Morgan fingerprint density at radius 2 is 2.00 bits per heavy atom. The van der Waals surface area contributed by atoms with Gasteiger partial charge in [-0.15, -0.1) is 0 Å². The molecule has 0 bridgehead atoms. The van der Waals surface area contributed by atoms with Crippen molar-refractivity contribution in [1.29, 1.82) is 0 Å². The summed E-state index contributed by atoms with van der Waals surface area (Å²) in [6.45, 7) is 5.05. The lowest BCUT2D eigenvalue weighted by Gasteiger charge is -2.06. The van der Waals surface area contributed by atoms with Gasteiger partial charge in [0.1, 0.15) is 5.75 Å². The average molecular weight is 221 g/mol. The summed E-state index contributed by atoms with van der Waals surface area (Å²) in [4.78, 5) is 10.7. The molecule has 0 saturated carbocycles. The number of hydrogen-bond donors (Lipinski definition) is 1. The topological polar surface area (TPSA) is 38.3 Å². The van der Waals surface area contributed by atoms with E-state index in [1.165, 1.54) is 12.5 Å². The minimum absolute atomic E-state index is 0.0166. The first-order valence-electron chi connectivity index (χ1n) is 5.68. The van der Waals surface area contributed by atoms with Gasteiger partial charge >= 0.3 is 0 Å². The van der Waals surface area contributed by atoms with Gasteiger partial charge in [-0.2, -0.15) is 0 Å². The van der Waals surface area contributed by atoms with Crippen LogP contribution in [0.25, 0.3) is 0 Å². The number of carbonyl (C=O) groups is 1. The zero-order valence-corrected chi connectivity index (χ0v) is 9.95. The quantitative estimate of drug-likeness (QED) is 0.799. The van der Waals surface area contributed by atoms with Crippen LogP contribution >= 0.6 is 0 Å². The lowest BCUT2D eigenvalue weighted by atomic mass is 10.1. The Balaban J connectivity index is 2.36. The molecule has 0 atom stereocenters. The maximum absolute atomic E-state index is 10.7.